The predicted octanol–water partition coefficient (Wildman–Crippen LogP) is 2.03. The fraction of sp³-hybridized carbons (Fsp3) is 0.308. The number of nitrogens with two attached hydrogens (primary N) is 1. The molecule has 4 nitrogen and oxygen atoms in total. The molecule has 0 radical (unpaired) electrons. The minimum absolute atomic E-state index is 0.415. The zero-order valence-electron chi connectivity index (χ0n) is 9.85. The lowest BCUT2D eigenvalue weighted by Crippen LogP contribution is -2.02. The van der Waals surface area contributed by atoms with Crippen molar-refractivity contribution in [2.24, 2.45) is 0 Å². The van der Waals surface area contributed by atoms with Gasteiger partial charge in [-0.05, 0) is 17.5 Å². The monoisotopic (exact) mass is 231 g/mol. The highest BCUT2D eigenvalue weighted by atomic mass is 16.3. The smallest absolute Gasteiger partial charge is 0.125 e. The van der Waals surface area contributed by atoms with Gasteiger partial charge >= 0.3 is 0 Å². The Labute approximate surface area is 100 Å². The summed E-state index contributed by atoms with van der Waals surface area (Å²) >= 11 is 0. The number of benzene rings is 1. The van der Waals surface area contributed by atoms with E-state index in [4.69, 9.17) is 5.73 Å². The standard InChI is InChI=1S/C13H17N3O/c1-2-4-9-5-3-6-10(7-9)12(17)11-8-15-16-13(11)14/h3,5-8,12,17H,2,4H2,1H3,(H3,14,15,16). The van der Waals surface area contributed by atoms with Crippen molar-refractivity contribution in [1.29, 1.82) is 0 Å². The summed E-state index contributed by atoms with van der Waals surface area (Å²) in [5.74, 6) is 0.415. The first-order valence-electron chi connectivity index (χ1n) is 5.78. The van der Waals surface area contributed by atoms with Crippen LogP contribution in [-0.4, -0.2) is 15.3 Å². The van der Waals surface area contributed by atoms with Gasteiger partial charge in [0.2, 0.25) is 0 Å². The van der Waals surface area contributed by atoms with E-state index in [1.54, 1.807) is 6.20 Å². The predicted molar refractivity (Wildman–Crippen MR) is 67.5 cm³/mol. The van der Waals surface area contributed by atoms with Gasteiger partial charge in [-0.15, -0.1) is 0 Å². The maximum atomic E-state index is 10.2. The third-order valence-electron chi connectivity index (χ3n) is 2.80. The van der Waals surface area contributed by atoms with Crippen LogP contribution in [0.5, 0.6) is 0 Å². The van der Waals surface area contributed by atoms with Crippen molar-refractivity contribution in [2.45, 2.75) is 25.9 Å². The molecule has 0 fully saturated rings. The van der Waals surface area contributed by atoms with E-state index < -0.39 is 6.10 Å². The van der Waals surface area contributed by atoms with Gasteiger partial charge in [0.25, 0.3) is 0 Å². The topological polar surface area (TPSA) is 74.9 Å². The van der Waals surface area contributed by atoms with E-state index in [0.29, 0.717) is 11.4 Å². The molecule has 0 saturated carbocycles. The van der Waals surface area contributed by atoms with Gasteiger partial charge in [0.05, 0.1) is 6.20 Å². The van der Waals surface area contributed by atoms with E-state index in [-0.39, 0.29) is 0 Å². The quantitative estimate of drug-likeness (QED) is 0.753. The summed E-state index contributed by atoms with van der Waals surface area (Å²) in [5, 5.41) is 16.7. The molecule has 1 aromatic heterocycles. The number of rotatable bonds is 4. The number of hydrogen-bond acceptors (Lipinski definition) is 3. The average molecular weight is 231 g/mol. The molecule has 0 aliphatic rings. The van der Waals surface area contributed by atoms with E-state index in [2.05, 4.69) is 23.2 Å². The highest BCUT2D eigenvalue weighted by Crippen LogP contribution is 2.25. The Hall–Kier alpha value is -1.81. The molecule has 2 aromatic rings. The molecule has 0 spiro atoms. The minimum Gasteiger partial charge on any atom is -0.384 e. The zero-order chi connectivity index (χ0) is 12.3. The van der Waals surface area contributed by atoms with Crippen LogP contribution in [0.2, 0.25) is 0 Å². The highest BCUT2D eigenvalue weighted by molar-refractivity contribution is 5.43. The first-order chi connectivity index (χ1) is 8.22. The van der Waals surface area contributed by atoms with Gasteiger partial charge in [-0.2, -0.15) is 5.10 Å². The summed E-state index contributed by atoms with van der Waals surface area (Å²) in [6.07, 6.45) is 2.95. The average Bonchev–Trinajstić information content (AvgIpc) is 2.75. The lowest BCUT2D eigenvalue weighted by Gasteiger charge is -2.11. The molecule has 0 aliphatic heterocycles. The fourth-order valence-corrected chi connectivity index (χ4v) is 1.91. The Balaban J connectivity index is 2.28. The molecule has 1 aromatic carbocycles. The Kier molecular flexibility index (Phi) is 3.44. The number of anilines is 1. The molecule has 4 N–H and O–H groups in total. The van der Waals surface area contributed by atoms with Crippen LogP contribution < -0.4 is 5.73 Å². The molecule has 1 atom stereocenters. The number of H-pyrrole nitrogens is 1. The van der Waals surface area contributed by atoms with Crippen LogP contribution in [0.3, 0.4) is 0 Å². The summed E-state index contributed by atoms with van der Waals surface area (Å²) in [6.45, 7) is 2.14. The van der Waals surface area contributed by atoms with Crippen molar-refractivity contribution in [3.05, 3.63) is 47.2 Å². The second-order valence-electron chi connectivity index (χ2n) is 4.14. The van der Waals surface area contributed by atoms with Crippen molar-refractivity contribution in [3.63, 3.8) is 0 Å². The van der Waals surface area contributed by atoms with Crippen molar-refractivity contribution >= 4 is 5.82 Å². The summed E-state index contributed by atoms with van der Waals surface area (Å²) in [6, 6.07) is 7.94. The molecule has 4 heteroatoms. The van der Waals surface area contributed by atoms with Crippen molar-refractivity contribution < 1.29 is 5.11 Å². The van der Waals surface area contributed by atoms with Crippen molar-refractivity contribution in [1.82, 2.24) is 10.2 Å². The number of aliphatic hydroxyl groups excluding tert-OH is 1. The van der Waals surface area contributed by atoms with Crippen LogP contribution in [-0.2, 0) is 6.42 Å². The van der Waals surface area contributed by atoms with Crippen LogP contribution in [0.25, 0.3) is 0 Å². The molecule has 2 rings (SSSR count). The molecular formula is C13H17N3O. The lowest BCUT2D eigenvalue weighted by molar-refractivity contribution is 0.221. The van der Waals surface area contributed by atoms with Gasteiger partial charge in [-0.1, -0.05) is 37.6 Å². The molecule has 0 bridgehead atoms. The summed E-state index contributed by atoms with van der Waals surface area (Å²) in [5.41, 5.74) is 8.40. The highest BCUT2D eigenvalue weighted by Gasteiger charge is 2.15. The lowest BCUT2D eigenvalue weighted by atomic mass is 10.00. The van der Waals surface area contributed by atoms with Crippen LogP contribution in [0, 0.1) is 0 Å². The number of aryl methyl sites for hydroxylation is 1. The number of nitrogens with zero attached hydrogens (tertiary/aromatic N) is 1. The van der Waals surface area contributed by atoms with Crippen molar-refractivity contribution in [2.75, 3.05) is 5.73 Å². The summed E-state index contributed by atoms with van der Waals surface area (Å²) in [4.78, 5) is 0. The maximum absolute atomic E-state index is 10.2. The molecular weight excluding hydrogens is 214 g/mol. The van der Waals surface area contributed by atoms with Gasteiger partial charge in [-0.3, -0.25) is 5.10 Å². The first-order valence-corrected chi connectivity index (χ1v) is 5.78. The number of aromatic amines is 1. The van der Waals surface area contributed by atoms with Gasteiger partial charge in [0.1, 0.15) is 11.9 Å². The Bertz CT molecular complexity index is 493. The van der Waals surface area contributed by atoms with Gasteiger partial charge in [0, 0.05) is 5.56 Å². The molecule has 0 saturated heterocycles. The molecule has 1 heterocycles. The van der Waals surface area contributed by atoms with E-state index in [1.165, 1.54) is 5.56 Å². The second kappa shape index (κ2) is 5.01. The molecule has 1 unspecified atom stereocenters. The molecule has 0 aliphatic carbocycles. The normalized spacial score (nSPS) is 12.6. The van der Waals surface area contributed by atoms with Crippen LogP contribution in [0.1, 0.15) is 36.1 Å². The van der Waals surface area contributed by atoms with Crippen LogP contribution >= 0.6 is 0 Å². The number of hydrogen-bond donors (Lipinski definition) is 3. The van der Waals surface area contributed by atoms with Gasteiger partial charge in [0.15, 0.2) is 0 Å². The summed E-state index contributed by atoms with van der Waals surface area (Å²) in [7, 11) is 0. The minimum atomic E-state index is -0.717. The first kappa shape index (κ1) is 11.7. The number of aromatic nitrogens is 2. The maximum Gasteiger partial charge on any atom is 0.125 e. The largest absolute Gasteiger partial charge is 0.384 e. The Morgan fingerprint density at radius 1 is 1.47 bits per heavy atom. The van der Waals surface area contributed by atoms with Crippen LogP contribution in [0.15, 0.2) is 30.5 Å². The van der Waals surface area contributed by atoms with Gasteiger partial charge in [-0.25, -0.2) is 0 Å². The SMILES string of the molecule is CCCc1cccc(C(O)c2cn[nH]c2N)c1. The number of nitrogens with one attached hydrogen (secondary N) is 1. The Morgan fingerprint density at radius 2 is 2.29 bits per heavy atom. The number of nitrogen functional groups attached to an aromatic ring is 1. The fourth-order valence-electron chi connectivity index (χ4n) is 1.91. The van der Waals surface area contributed by atoms with E-state index in [0.717, 1.165) is 18.4 Å². The Morgan fingerprint density at radius 3 is 2.94 bits per heavy atom. The second-order valence-corrected chi connectivity index (χ2v) is 4.14. The zero-order valence-corrected chi connectivity index (χ0v) is 9.85. The van der Waals surface area contributed by atoms with Crippen LogP contribution in [0.4, 0.5) is 5.82 Å². The van der Waals surface area contributed by atoms with Crippen molar-refractivity contribution in [3.8, 4) is 0 Å². The molecule has 90 valence electrons. The molecule has 0 amide bonds. The third-order valence-corrected chi connectivity index (χ3v) is 2.80. The van der Waals surface area contributed by atoms with E-state index in [1.807, 2.05) is 18.2 Å². The summed E-state index contributed by atoms with van der Waals surface area (Å²) < 4.78 is 0. The number of aliphatic hydroxyl groups is 1. The molecule has 17 heavy (non-hydrogen) atoms. The van der Waals surface area contributed by atoms with Gasteiger partial charge < -0.3 is 10.8 Å². The van der Waals surface area contributed by atoms with E-state index in [9.17, 15) is 5.11 Å². The van der Waals surface area contributed by atoms with E-state index >= 15 is 0 Å². The third kappa shape index (κ3) is 2.47.